The molecule has 4 nitrogen and oxygen atoms in total. The van der Waals surface area contributed by atoms with E-state index in [4.69, 9.17) is 4.74 Å². The Morgan fingerprint density at radius 3 is 2.45 bits per heavy atom. The molecule has 1 saturated heterocycles. The Balaban J connectivity index is 1.76. The average Bonchev–Trinajstić information content (AvgIpc) is 2.49. The van der Waals surface area contributed by atoms with Crippen molar-refractivity contribution in [2.75, 3.05) is 20.2 Å². The van der Waals surface area contributed by atoms with Crippen molar-refractivity contribution in [1.82, 2.24) is 4.31 Å². The summed E-state index contributed by atoms with van der Waals surface area (Å²) in [5.41, 5.74) is 0.521. The maximum Gasteiger partial charge on any atom is 0.243 e. The highest BCUT2D eigenvalue weighted by atomic mass is 32.2. The minimum atomic E-state index is -3.53. The highest BCUT2D eigenvalue weighted by Crippen LogP contribution is 2.51. The Bertz CT molecular complexity index is 664. The van der Waals surface area contributed by atoms with E-state index in [1.54, 1.807) is 14.0 Å². The molecular formula is C16H22FNO3S. The Kier molecular flexibility index (Phi) is 4.03. The molecule has 3 rings (SSSR count). The van der Waals surface area contributed by atoms with Crippen molar-refractivity contribution >= 4 is 10.0 Å². The molecule has 1 aliphatic carbocycles. The summed E-state index contributed by atoms with van der Waals surface area (Å²) >= 11 is 0. The summed E-state index contributed by atoms with van der Waals surface area (Å²) < 4.78 is 45.8. The summed E-state index contributed by atoms with van der Waals surface area (Å²) in [6.45, 7) is 2.61. The Morgan fingerprint density at radius 2 is 1.95 bits per heavy atom. The van der Waals surface area contributed by atoms with Crippen LogP contribution in [0.2, 0.25) is 0 Å². The summed E-state index contributed by atoms with van der Waals surface area (Å²) in [5.74, 6) is -0.381. The van der Waals surface area contributed by atoms with Crippen LogP contribution >= 0.6 is 0 Å². The molecule has 1 aromatic carbocycles. The van der Waals surface area contributed by atoms with Crippen LogP contribution in [0, 0.1) is 18.2 Å². The number of methoxy groups -OCH3 is 1. The van der Waals surface area contributed by atoms with Crippen molar-refractivity contribution < 1.29 is 17.5 Å². The van der Waals surface area contributed by atoms with E-state index in [1.807, 2.05) is 0 Å². The molecule has 122 valence electrons. The molecule has 1 heterocycles. The number of benzene rings is 1. The molecule has 0 aromatic heterocycles. The van der Waals surface area contributed by atoms with Gasteiger partial charge in [-0.2, -0.15) is 4.31 Å². The summed E-state index contributed by atoms with van der Waals surface area (Å²) in [5, 5.41) is 0. The van der Waals surface area contributed by atoms with Crippen molar-refractivity contribution in [2.45, 2.75) is 43.6 Å². The van der Waals surface area contributed by atoms with Crippen LogP contribution in [0.3, 0.4) is 0 Å². The molecule has 0 bridgehead atoms. The fourth-order valence-corrected chi connectivity index (χ4v) is 5.24. The number of halogens is 1. The van der Waals surface area contributed by atoms with Gasteiger partial charge >= 0.3 is 0 Å². The molecule has 6 heteroatoms. The van der Waals surface area contributed by atoms with Gasteiger partial charge < -0.3 is 4.74 Å². The van der Waals surface area contributed by atoms with Crippen molar-refractivity contribution in [3.8, 4) is 0 Å². The van der Waals surface area contributed by atoms with Crippen LogP contribution in [0.5, 0.6) is 0 Å². The number of hydrogen-bond acceptors (Lipinski definition) is 3. The van der Waals surface area contributed by atoms with Gasteiger partial charge in [-0.1, -0.05) is 0 Å². The summed E-state index contributed by atoms with van der Waals surface area (Å²) in [7, 11) is -1.80. The lowest BCUT2D eigenvalue weighted by Gasteiger charge is -2.52. The summed E-state index contributed by atoms with van der Waals surface area (Å²) in [4.78, 5) is 0.180. The summed E-state index contributed by atoms with van der Waals surface area (Å²) in [6, 6.07) is 3.99. The monoisotopic (exact) mass is 327 g/mol. The lowest BCUT2D eigenvalue weighted by molar-refractivity contribution is -0.113. The molecule has 1 aromatic rings. The number of rotatable bonds is 3. The first-order chi connectivity index (χ1) is 10.4. The molecule has 0 amide bonds. The van der Waals surface area contributed by atoms with Gasteiger partial charge in [-0.15, -0.1) is 0 Å². The van der Waals surface area contributed by atoms with E-state index in [2.05, 4.69) is 0 Å². The van der Waals surface area contributed by atoms with Gasteiger partial charge in [-0.3, -0.25) is 0 Å². The number of ether oxygens (including phenoxy) is 1. The van der Waals surface area contributed by atoms with Crippen LogP contribution in [0.4, 0.5) is 4.39 Å². The van der Waals surface area contributed by atoms with Gasteiger partial charge in [-0.25, -0.2) is 12.8 Å². The standard InChI is InChI=1S/C16H22FNO3S/c1-12-11-13(3-4-14(12)17)22(19,20)18-9-7-16(8-10-18)6-5-15(16)21-2/h3-4,11,15H,5-10H2,1-2H3. The van der Waals surface area contributed by atoms with E-state index in [-0.39, 0.29) is 22.2 Å². The van der Waals surface area contributed by atoms with E-state index >= 15 is 0 Å². The first-order valence-electron chi connectivity index (χ1n) is 7.68. The molecule has 2 aliphatic rings. The van der Waals surface area contributed by atoms with Crippen molar-refractivity contribution in [1.29, 1.82) is 0 Å². The third kappa shape index (κ3) is 2.47. The Labute approximate surface area is 131 Å². The second kappa shape index (κ2) is 5.58. The van der Waals surface area contributed by atoms with Crippen molar-refractivity contribution in [3.05, 3.63) is 29.6 Å². The molecule has 0 radical (unpaired) electrons. The topological polar surface area (TPSA) is 46.6 Å². The van der Waals surface area contributed by atoms with Crippen molar-refractivity contribution in [3.63, 3.8) is 0 Å². The van der Waals surface area contributed by atoms with Gasteiger partial charge in [-0.05, 0) is 61.8 Å². The molecule has 0 N–H and O–H groups in total. The van der Waals surface area contributed by atoms with Crippen LogP contribution in [0.1, 0.15) is 31.2 Å². The van der Waals surface area contributed by atoms with E-state index in [1.165, 1.54) is 22.5 Å². The number of hydrogen-bond donors (Lipinski definition) is 0. The molecule has 1 aliphatic heterocycles. The van der Waals surface area contributed by atoms with E-state index in [9.17, 15) is 12.8 Å². The molecule has 22 heavy (non-hydrogen) atoms. The van der Waals surface area contributed by atoms with Crippen LogP contribution in [-0.2, 0) is 14.8 Å². The first-order valence-corrected chi connectivity index (χ1v) is 9.12. The molecule has 1 unspecified atom stereocenters. The smallest absolute Gasteiger partial charge is 0.243 e. The second-order valence-corrected chi connectivity index (χ2v) is 8.38. The third-order valence-electron chi connectivity index (χ3n) is 5.36. The van der Waals surface area contributed by atoms with E-state index in [0.29, 0.717) is 18.7 Å². The van der Waals surface area contributed by atoms with Gasteiger partial charge in [0.25, 0.3) is 0 Å². The summed E-state index contributed by atoms with van der Waals surface area (Å²) in [6.07, 6.45) is 4.14. The third-order valence-corrected chi connectivity index (χ3v) is 7.25. The minimum absolute atomic E-state index is 0.166. The fraction of sp³-hybridized carbons (Fsp3) is 0.625. The highest BCUT2D eigenvalue weighted by Gasteiger charge is 2.49. The molecular weight excluding hydrogens is 305 g/mol. The number of nitrogens with zero attached hydrogens (tertiary/aromatic N) is 1. The van der Waals surface area contributed by atoms with Crippen molar-refractivity contribution in [2.24, 2.45) is 5.41 Å². The predicted molar refractivity (Wildman–Crippen MR) is 81.6 cm³/mol. The largest absolute Gasteiger partial charge is 0.381 e. The van der Waals surface area contributed by atoms with Gasteiger partial charge in [0, 0.05) is 20.2 Å². The zero-order chi connectivity index (χ0) is 16.0. The molecule has 1 atom stereocenters. The average molecular weight is 327 g/mol. The lowest BCUT2D eigenvalue weighted by Crippen LogP contribution is -2.53. The number of sulfonamides is 1. The maximum atomic E-state index is 13.3. The molecule has 1 spiro atoms. The SMILES string of the molecule is COC1CCC12CCN(S(=O)(=O)c1ccc(F)c(C)c1)CC2. The highest BCUT2D eigenvalue weighted by molar-refractivity contribution is 7.89. The zero-order valence-electron chi connectivity index (χ0n) is 13.0. The van der Waals surface area contributed by atoms with Crippen LogP contribution < -0.4 is 0 Å². The van der Waals surface area contributed by atoms with Gasteiger partial charge in [0.2, 0.25) is 10.0 Å². The zero-order valence-corrected chi connectivity index (χ0v) is 13.8. The predicted octanol–water partition coefficient (Wildman–Crippen LogP) is 2.71. The second-order valence-electron chi connectivity index (χ2n) is 6.44. The molecule has 2 fully saturated rings. The van der Waals surface area contributed by atoms with Gasteiger partial charge in [0.1, 0.15) is 5.82 Å². The first kappa shape index (κ1) is 15.9. The van der Waals surface area contributed by atoms with Gasteiger partial charge in [0.15, 0.2) is 0 Å². The normalized spacial score (nSPS) is 25.1. The quantitative estimate of drug-likeness (QED) is 0.857. The molecule has 1 saturated carbocycles. The lowest BCUT2D eigenvalue weighted by atomic mass is 9.61. The van der Waals surface area contributed by atoms with Gasteiger partial charge in [0.05, 0.1) is 11.0 Å². The van der Waals surface area contributed by atoms with Crippen LogP contribution in [0.15, 0.2) is 23.1 Å². The van der Waals surface area contributed by atoms with E-state index in [0.717, 1.165) is 25.7 Å². The number of piperidine rings is 1. The fourth-order valence-electron chi connectivity index (χ4n) is 3.71. The number of aryl methyl sites for hydroxylation is 1. The van der Waals surface area contributed by atoms with E-state index < -0.39 is 10.0 Å². The van der Waals surface area contributed by atoms with Crippen LogP contribution in [0.25, 0.3) is 0 Å². The Hall–Kier alpha value is -0.980. The minimum Gasteiger partial charge on any atom is -0.381 e. The maximum absolute atomic E-state index is 13.3. The Morgan fingerprint density at radius 1 is 1.27 bits per heavy atom. The van der Waals surface area contributed by atoms with Crippen LogP contribution in [-0.4, -0.2) is 39.0 Å².